The van der Waals surface area contributed by atoms with Crippen LogP contribution in [0, 0.1) is 12.8 Å². The lowest BCUT2D eigenvalue weighted by atomic mass is 9.92. The molecule has 0 radical (unpaired) electrons. The molecule has 0 aromatic heterocycles. The molecule has 1 aromatic rings. The molecule has 0 amide bonds. The quantitative estimate of drug-likeness (QED) is 0.582. The van der Waals surface area contributed by atoms with E-state index in [0.29, 0.717) is 5.92 Å². The molecule has 0 saturated heterocycles. The van der Waals surface area contributed by atoms with Crippen LogP contribution in [0.2, 0.25) is 0 Å². The van der Waals surface area contributed by atoms with Gasteiger partial charge in [-0.2, -0.15) is 0 Å². The third-order valence-electron chi connectivity index (χ3n) is 2.47. The van der Waals surface area contributed by atoms with Crippen molar-refractivity contribution in [2.45, 2.75) is 48.5 Å². The molecular formula is C18H30. The molecule has 0 aliphatic heterocycles. The highest BCUT2D eigenvalue weighted by molar-refractivity contribution is 5.73. The van der Waals surface area contributed by atoms with Crippen molar-refractivity contribution in [2.75, 3.05) is 0 Å². The van der Waals surface area contributed by atoms with Crippen LogP contribution in [0.25, 0.3) is 11.6 Å². The van der Waals surface area contributed by atoms with Gasteiger partial charge in [0.05, 0.1) is 0 Å². The highest BCUT2D eigenvalue weighted by atomic mass is 14.1. The molecule has 1 rings (SSSR count). The minimum atomic E-state index is 0.482. The van der Waals surface area contributed by atoms with Gasteiger partial charge in [-0.05, 0) is 29.5 Å². The second-order valence-corrected chi connectivity index (χ2v) is 3.97. The zero-order chi connectivity index (χ0) is 14.7. The van der Waals surface area contributed by atoms with Crippen molar-refractivity contribution in [3.8, 4) is 0 Å². The number of allylic oxidation sites excluding steroid dienone is 1. The molecule has 0 aliphatic carbocycles. The Kier molecular flexibility index (Phi) is 11.5. The Balaban J connectivity index is 0. The molecule has 18 heavy (non-hydrogen) atoms. The first-order valence-corrected chi connectivity index (χ1v) is 6.98. The molecule has 0 aliphatic rings. The van der Waals surface area contributed by atoms with Crippen LogP contribution in [0.5, 0.6) is 0 Å². The zero-order valence-electron chi connectivity index (χ0n) is 13.3. The summed E-state index contributed by atoms with van der Waals surface area (Å²) in [5.41, 5.74) is 4.86. The molecule has 0 unspecified atom stereocenters. The highest BCUT2D eigenvalue weighted by Gasteiger charge is 2.07. The standard InChI is InChI=1S/C14H18.2C2H6/c1-6-13-8-7-11(4)9-14(13)12(5)10(2)3;2*1-2/h6-10H,1,5H2,2-4H3;2*1-2H3. The van der Waals surface area contributed by atoms with Crippen molar-refractivity contribution < 1.29 is 0 Å². The van der Waals surface area contributed by atoms with Crippen molar-refractivity contribution in [1.82, 2.24) is 0 Å². The van der Waals surface area contributed by atoms with Crippen molar-refractivity contribution >= 4 is 11.6 Å². The lowest BCUT2D eigenvalue weighted by molar-refractivity contribution is 0.857. The minimum absolute atomic E-state index is 0.482. The maximum Gasteiger partial charge on any atom is -0.0153 e. The van der Waals surface area contributed by atoms with E-state index in [0.717, 1.165) is 0 Å². The molecule has 0 saturated carbocycles. The first-order chi connectivity index (χ1) is 8.56. The number of aryl methyl sites for hydroxylation is 1. The van der Waals surface area contributed by atoms with Crippen LogP contribution in [0.1, 0.15) is 58.2 Å². The topological polar surface area (TPSA) is 0 Å². The smallest absolute Gasteiger partial charge is 0.0153 e. The van der Waals surface area contributed by atoms with E-state index in [-0.39, 0.29) is 0 Å². The molecule has 0 bridgehead atoms. The Hall–Kier alpha value is -1.30. The predicted octanol–water partition coefficient (Wildman–Crippen LogP) is 6.36. The van der Waals surface area contributed by atoms with E-state index >= 15 is 0 Å². The van der Waals surface area contributed by atoms with Crippen molar-refractivity contribution in [3.63, 3.8) is 0 Å². The van der Waals surface area contributed by atoms with E-state index in [2.05, 4.69) is 52.1 Å². The van der Waals surface area contributed by atoms with E-state index in [1.54, 1.807) is 0 Å². The van der Waals surface area contributed by atoms with Crippen molar-refractivity contribution in [2.24, 2.45) is 5.92 Å². The van der Waals surface area contributed by atoms with Crippen LogP contribution in [0.3, 0.4) is 0 Å². The Morgan fingerprint density at radius 1 is 1.11 bits per heavy atom. The largest absolute Gasteiger partial charge is 0.0984 e. The molecular weight excluding hydrogens is 216 g/mol. The first kappa shape index (κ1) is 19.0. The first-order valence-electron chi connectivity index (χ1n) is 6.98. The van der Waals surface area contributed by atoms with E-state index in [1.165, 1.54) is 22.3 Å². The van der Waals surface area contributed by atoms with E-state index in [1.807, 2.05) is 33.8 Å². The predicted molar refractivity (Wildman–Crippen MR) is 87.8 cm³/mol. The summed E-state index contributed by atoms with van der Waals surface area (Å²) < 4.78 is 0. The molecule has 0 N–H and O–H groups in total. The van der Waals surface area contributed by atoms with Crippen molar-refractivity contribution in [3.05, 3.63) is 48.0 Å². The molecule has 0 heterocycles. The molecule has 0 heteroatoms. The van der Waals surface area contributed by atoms with Gasteiger partial charge in [-0.1, -0.05) is 84.5 Å². The van der Waals surface area contributed by atoms with Gasteiger partial charge < -0.3 is 0 Å². The Morgan fingerprint density at radius 2 is 1.61 bits per heavy atom. The molecule has 1 aromatic carbocycles. The Bertz CT molecular complexity index is 356. The van der Waals surface area contributed by atoms with Gasteiger partial charge in [0, 0.05) is 0 Å². The molecule has 102 valence electrons. The second-order valence-electron chi connectivity index (χ2n) is 3.97. The van der Waals surface area contributed by atoms with Crippen LogP contribution in [-0.2, 0) is 0 Å². The normalized spacial score (nSPS) is 8.67. The Labute approximate surface area is 114 Å². The number of rotatable bonds is 3. The summed E-state index contributed by atoms with van der Waals surface area (Å²) in [4.78, 5) is 0. The fourth-order valence-electron chi connectivity index (χ4n) is 1.44. The summed E-state index contributed by atoms with van der Waals surface area (Å²) in [7, 11) is 0. The van der Waals surface area contributed by atoms with Gasteiger partial charge in [0.2, 0.25) is 0 Å². The summed E-state index contributed by atoms with van der Waals surface area (Å²) in [5, 5.41) is 0. The van der Waals surface area contributed by atoms with Gasteiger partial charge in [-0.25, -0.2) is 0 Å². The van der Waals surface area contributed by atoms with Gasteiger partial charge in [0.1, 0.15) is 0 Å². The summed E-state index contributed by atoms with van der Waals surface area (Å²) >= 11 is 0. The number of hydrogen-bond donors (Lipinski definition) is 0. The monoisotopic (exact) mass is 246 g/mol. The SMILES string of the molecule is C=Cc1ccc(C)cc1C(=C)C(C)C.CC.CC. The Morgan fingerprint density at radius 3 is 2.00 bits per heavy atom. The van der Waals surface area contributed by atoms with E-state index in [9.17, 15) is 0 Å². The average molecular weight is 246 g/mol. The number of hydrogen-bond acceptors (Lipinski definition) is 0. The van der Waals surface area contributed by atoms with Gasteiger partial charge in [-0.3, -0.25) is 0 Å². The van der Waals surface area contributed by atoms with E-state index in [4.69, 9.17) is 0 Å². The third-order valence-corrected chi connectivity index (χ3v) is 2.47. The summed E-state index contributed by atoms with van der Waals surface area (Å²) in [6, 6.07) is 6.39. The average Bonchev–Trinajstić information content (AvgIpc) is 2.42. The van der Waals surface area contributed by atoms with Crippen LogP contribution in [0.4, 0.5) is 0 Å². The van der Waals surface area contributed by atoms with Crippen LogP contribution in [-0.4, -0.2) is 0 Å². The van der Waals surface area contributed by atoms with Gasteiger partial charge in [-0.15, -0.1) is 0 Å². The fraction of sp³-hybridized carbons (Fsp3) is 0.444. The molecule has 0 nitrogen and oxygen atoms in total. The third kappa shape index (κ3) is 5.86. The molecule has 0 spiro atoms. The summed E-state index contributed by atoms with van der Waals surface area (Å²) in [5.74, 6) is 0.482. The van der Waals surface area contributed by atoms with Gasteiger partial charge in [0.15, 0.2) is 0 Å². The van der Waals surface area contributed by atoms with Crippen LogP contribution < -0.4 is 0 Å². The lowest BCUT2D eigenvalue weighted by Gasteiger charge is -2.13. The highest BCUT2D eigenvalue weighted by Crippen LogP contribution is 2.26. The molecule has 0 fully saturated rings. The minimum Gasteiger partial charge on any atom is -0.0984 e. The van der Waals surface area contributed by atoms with E-state index < -0.39 is 0 Å². The summed E-state index contributed by atoms with van der Waals surface area (Å²) in [6.07, 6.45) is 1.89. The fourth-order valence-corrected chi connectivity index (χ4v) is 1.44. The van der Waals surface area contributed by atoms with Crippen LogP contribution >= 0.6 is 0 Å². The van der Waals surface area contributed by atoms with Crippen LogP contribution in [0.15, 0.2) is 31.4 Å². The zero-order valence-corrected chi connectivity index (χ0v) is 13.3. The van der Waals surface area contributed by atoms with Gasteiger partial charge >= 0.3 is 0 Å². The molecule has 0 atom stereocenters. The summed E-state index contributed by atoms with van der Waals surface area (Å²) in [6.45, 7) is 22.4. The lowest BCUT2D eigenvalue weighted by Crippen LogP contribution is -1.95. The maximum absolute atomic E-state index is 4.13. The van der Waals surface area contributed by atoms with Crippen molar-refractivity contribution in [1.29, 1.82) is 0 Å². The number of benzene rings is 1. The second kappa shape index (κ2) is 10.8. The maximum atomic E-state index is 4.13. The van der Waals surface area contributed by atoms with Gasteiger partial charge in [0.25, 0.3) is 0 Å².